The molecule has 0 radical (unpaired) electrons. The third-order valence-electron chi connectivity index (χ3n) is 5.98. The minimum absolute atomic E-state index is 0.0644. The predicted octanol–water partition coefficient (Wildman–Crippen LogP) is 2.98. The van der Waals surface area contributed by atoms with Crippen molar-refractivity contribution in [2.75, 3.05) is 49.0 Å². The molecule has 0 aliphatic carbocycles. The second-order valence-electron chi connectivity index (χ2n) is 8.18. The van der Waals surface area contributed by atoms with Crippen molar-refractivity contribution in [2.45, 2.75) is 18.7 Å². The largest absolute Gasteiger partial charge is 0.497 e. The van der Waals surface area contributed by atoms with Crippen LogP contribution in [-0.4, -0.2) is 64.2 Å². The zero-order chi connectivity index (χ0) is 25.2. The number of nitrogens with zero attached hydrogens (tertiary/aromatic N) is 4. The maximum absolute atomic E-state index is 14.2. The van der Waals surface area contributed by atoms with E-state index in [1.165, 1.54) is 20.1 Å². The van der Waals surface area contributed by atoms with Crippen molar-refractivity contribution in [1.29, 1.82) is 0 Å². The molecule has 4 rings (SSSR count). The number of piperazine rings is 1. The smallest absolute Gasteiger partial charge is 0.270 e. The number of rotatable bonds is 7. The molecule has 11 heteroatoms. The number of benzene rings is 2. The van der Waals surface area contributed by atoms with Crippen molar-refractivity contribution in [2.24, 2.45) is 0 Å². The minimum Gasteiger partial charge on any atom is -0.497 e. The number of ether oxygens (including phenoxy) is 1. The molecular formula is C24H27FN4O5S. The molecule has 1 saturated heterocycles. The first-order valence-corrected chi connectivity index (χ1v) is 12.5. The van der Waals surface area contributed by atoms with E-state index in [-0.39, 0.29) is 28.1 Å². The Hall–Kier alpha value is -3.60. The molecule has 1 amide bonds. The second kappa shape index (κ2) is 9.95. The Kier molecular flexibility index (Phi) is 6.97. The summed E-state index contributed by atoms with van der Waals surface area (Å²) >= 11 is 0. The monoisotopic (exact) mass is 502 g/mol. The standard InChI is InChI=1S/C24H27FN4O5S/c1-17-24(18(2)34-26-17)35(31,32)29(19-8-10-20(33-3)11-9-19)16-23(30)28-14-12-27(13-15-28)22-7-5-4-6-21(22)25/h4-11H,12-16H2,1-3H3. The maximum Gasteiger partial charge on any atom is 0.270 e. The topological polar surface area (TPSA) is 96.2 Å². The number of amides is 1. The van der Waals surface area contributed by atoms with Gasteiger partial charge in [-0.15, -0.1) is 0 Å². The summed E-state index contributed by atoms with van der Waals surface area (Å²) in [7, 11) is -2.64. The molecule has 0 saturated carbocycles. The number of sulfonamides is 1. The van der Waals surface area contributed by atoms with Crippen LogP contribution in [-0.2, 0) is 14.8 Å². The number of aromatic nitrogens is 1. The van der Waals surface area contributed by atoms with Gasteiger partial charge in [-0.3, -0.25) is 9.10 Å². The van der Waals surface area contributed by atoms with Crippen LogP contribution in [0.2, 0.25) is 0 Å². The highest BCUT2D eigenvalue weighted by atomic mass is 32.2. The van der Waals surface area contributed by atoms with Crippen LogP contribution in [0.1, 0.15) is 11.5 Å². The minimum atomic E-state index is -4.16. The van der Waals surface area contributed by atoms with Gasteiger partial charge in [0.1, 0.15) is 23.8 Å². The lowest BCUT2D eigenvalue weighted by atomic mass is 10.2. The second-order valence-corrected chi connectivity index (χ2v) is 9.98. The Labute approximate surface area is 203 Å². The van der Waals surface area contributed by atoms with E-state index in [1.54, 1.807) is 54.3 Å². The van der Waals surface area contributed by atoms with Gasteiger partial charge in [-0.2, -0.15) is 0 Å². The number of methoxy groups -OCH3 is 1. The van der Waals surface area contributed by atoms with Gasteiger partial charge >= 0.3 is 0 Å². The van der Waals surface area contributed by atoms with Gasteiger partial charge in [-0.25, -0.2) is 12.8 Å². The molecular weight excluding hydrogens is 475 g/mol. The van der Waals surface area contributed by atoms with E-state index in [1.807, 2.05) is 4.90 Å². The number of hydrogen-bond donors (Lipinski definition) is 0. The lowest BCUT2D eigenvalue weighted by molar-refractivity contribution is -0.129. The number of carbonyl (C=O) groups is 1. The average Bonchev–Trinajstić information content (AvgIpc) is 3.21. The fraction of sp³-hybridized carbons (Fsp3) is 0.333. The molecule has 1 aliphatic heterocycles. The highest BCUT2D eigenvalue weighted by Crippen LogP contribution is 2.29. The number of aryl methyl sites for hydroxylation is 2. The summed E-state index contributed by atoms with van der Waals surface area (Å²) in [5, 5.41) is 3.77. The fourth-order valence-electron chi connectivity index (χ4n) is 4.14. The van der Waals surface area contributed by atoms with Crippen molar-refractivity contribution in [3.63, 3.8) is 0 Å². The molecule has 9 nitrogen and oxygen atoms in total. The Morgan fingerprint density at radius 1 is 1.09 bits per heavy atom. The molecule has 1 aromatic heterocycles. The van der Waals surface area contributed by atoms with Gasteiger partial charge in [0.05, 0.1) is 18.5 Å². The summed E-state index contributed by atoms with van der Waals surface area (Å²) in [4.78, 5) is 16.7. The Morgan fingerprint density at radius 3 is 2.31 bits per heavy atom. The van der Waals surface area contributed by atoms with Crippen molar-refractivity contribution in [1.82, 2.24) is 10.1 Å². The predicted molar refractivity (Wildman–Crippen MR) is 129 cm³/mol. The summed E-state index contributed by atoms with van der Waals surface area (Å²) in [5.74, 6) is 0.0267. The molecule has 0 N–H and O–H groups in total. The lowest BCUT2D eigenvalue weighted by Gasteiger charge is -2.37. The molecule has 0 unspecified atom stereocenters. The highest BCUT2D eigenvalue weighted by molar-refractivity contribution is 7.93. The van der Waals surface area contributed by atoms with Crippen LogP contribution < -0.4 is 13.9 Å². The fourth-order valence-corrected chi connectivity index (χ4v) is 5.86. The first-order valence-electron chi connectivity index (χ1n) is 11.1. The molecule has 0 spiro atoms. The Balaban J connectivity index is 1.57. The summed E-state index contributed by atoms with van der Waals surface area (Å²) in [5.41, 5.74) is 1.01. The lowest BCUT2D eigenvalue weighted by Crippen LogP contribution is -2.52. The van der Waals surface area contributed by atoms with Gasteiger partial charge < -0.3 is 19.1 Å². The molecule has 2 heterocycles. The molecule has 2 aromatic carbocycles. The van der Waals surface area contributed by atoms with Gasteiger partial charge in [0.25, 0.3) is 10.0 Å². The molecule has 1 aliphatic rings. The van der Waals surface area contributed by atoms with E-state index in [4.69, 9.17) is 9.26 Å². The third-order valence-corrected chi connectivity index (χ3v) is 8.00. The number of halogens is 1. The zero-order valence-electron chi connectivity index (χ0n) is 19.8. The van der Waals surface area contributed by atoms with E-state index >= 15 is 0 Å². The van der Waals surface area contributed by atoms with Gasteiger partial charge in [-0.1, -0.05) is 17.3 Å². The summed E-state index contributed by atoms with van der Waals surface area (Å²) in [6.45, 7) is 4.21. The van der Waals surface area contributed by atoms with Crippen molar-refractivity contribution in [3.8, 4) is 5.75 Å². The van der Waals surface area contributed by atoms with Gasteiger partial charge in [-0.05, 0) is 50.2 Å². The first kappa shape index (κ1) is 24.5. The van der Waals surface area contributed by atoms with Crippen molar-refractivity contribution < 1.29 is 26.9 Å². The molecule has 35 heavy (non-hydrogen) atoms. The van der Waals surface area contributed by atoms with E-state index in [0.29, 0.717) is 43.3 Å². The number of hydrogen-bond acceptors (Lipinski definition) is 7. The molecule has 3 aromatic rings. The van der Waals surface area contributed by atoms with Crippen LogP contribution in [0.15, 0.2) is 57.9 Å². The van der Waals surface area contributed by atoms with Crippen LogP contribution in [0.4, 0.5) is 15.8 Å². The van der Waals surface area contributed by atoms with Gasteiger partial charge in [0.15, 0.2) is 10.7 Å². The third kappa shape index (κ3) is 4.95. The van der Waals surface area contributed by atoms with Crippen molar-refractivity contribution in [3.05, 3.63) is 65.8 Å². The van der Waals surface area contributed by atoms with Gasteiger partial charge in [0.2, 0.25) is 5.91 Å². The average molecular weight is 503 g/mol. The van der Waals surface area contributed by atoms with E-state index in [2.05, 4.69) is 5.16 Å². The number of carbonyl (C=O) groups excluding carboxylic acids is 1. The highest BCUT2D eigenvalue weighted by Gasteiger charge is 2.34. The zero-order valence-corrected chi connectivity index (χ0v) is 20.6. The molecule has 1 fully saturated rings. The SMILES string of the molecule is COc1ccc(N(CC(=O)N2CCN(c3ccccc3F)CC2)S(=O)(=O)c2c(C)noc2C)cc1. The van der Waals surface area contributed by atoms with Crippen LogP contribution in [0.3, 0.4) is 0 Å². The molecule has 186 valence electrons. The number of anilines is 2. The summed E-state index contributed by atoms with van der Waals surface area (Å²) < 4.78 is 52.8. The van der Waals surface area contributed by atoms with E-state index < -0.39 is 16.6 Å². The Morgan fingerprint density at radius 2 is 1.74 bits per heavy atom. The van der Waals surface area contributed by atoms with Crippen LogP contribution >= 0.6 is 0 Å². The van der Waals surface area contributed by atoms with E-state index in [9.17, 15) is 17.6 Å². The molecule has 0 atom stereocenters. The summed E-state index contributed by atoms with van der Waals surface area (Å²) in [6.07, 6.45) is 0. The first-order chi connectivity index (χ1) is 16.7. The molecule has 0 bridgehead atoms. The number of para-hydroxylation sites is 1. The van der Waals surface area contributed by atoms with Gasteiger partial charge in [0, 0.05) is 26.2 Å². The summed E-state index contributed by atoms with van der Waals surface area (Å²) in [6, 6.07) is 12.9. The van der Waals surface area contributed by atoms with Crippen LogP contribution in [0.5, 0.6) is 5.75 Å². The maximum atomic E-state index is 14.2. The quantitative estimate of drug-likeness (QED) is 0.490. The van der Waals surface area contributed by atoms with Crippen LogP contribution in [0.25, 0.3) is 0 Å². The Bertz CT molecular complexity index is 1280. The van der Waals surface area contributed by atoms with Crippen LogP contribution in [0, 0.1) is 19.7 Å². The van der Waals surface area contributed by atoms with E-state index in [0.717, 1.165) is 4.31 Å². The normalized spacial score (nSPS) is 14.2. The van der Waals surface area contributed by atoms with Crippen molar-refractivity contribution >= 4 is 27.3 Å².